The Morgan fingerprint density at radius 1 is 0.705 bits per heavy atom. The first-order valence-electron chi connectivity index (χ1n) is 15.3. The molecule has 0 aliphatic carbocycles. The summed E-state index contributed by atoms with van der Waals surface area (Å²) in [5.41, 5.74) is 11.3. The molecule has 7 rings (SSSR count). The van der Waals surface area contributed by atoms with Crippen molar-refractivity contribution in [3.8, 4) is 34.1 Å². The molecular weight excluding hydrogens is 540 g/mol. The molecule has 0 unspecified atom stereocenters. The van der Waals surface area contributed by atoms with Crippen molar-refractivity contribution in [3.05, 3.63) is 131 Å². The van der Waals surface area contributed by atoms with E-state index in [1.54, 1.807) is 0 Å². The first kappa shape index (κ1) is 27.7. The zero-order valence-corrected chi connectivity index (χ0v) is 25.9. The normalized spacial score (nSPS) is 11.5. The van der Waals surface area contributed by atoms with Crippen LogP contribution in [-0.2, 0) is 6.42 Å². The zero-order valence-electron chi connectivity index (χ0n) is 25.9. The van der Waals surface area contributed by atoms with Crippen LogP contribution in [0.15, 0.2) is 103 Å². The lowest BCUT2D eigenvalue weighted by molar-refractivity contribution is 0.482. The van der Waals surface area contributed by atoms with E-state index in [2.05, 4.69) is 129 Å². The van der Waals surface area contributed by atoms with Crippen LogP contribution in [0.5, 0.6) is 11.5 Å². The summed E-state index contributed by atoms with van der Waals surface area (Å²) in [6.07, 6.45) is 3.88. The molecule has 44 heavy (non-hydrogen) atoms. The van der Waals surface area contributed by atoms with E-state index < -0.39 is 0 Å². The number of hydrogen-bond donors (Lipinski definition) is 0. The van der Waals surface area contributed by atoms with Gasteiger partial charge in [0.2, 0.25) is 0 Å². The molecule has 0 saturated heterocycles. The minimum Gasteiger partial charge on any atom is -0.457 e. The maximum atomic E-state index is 6.66. The number of benzene rings is 4. The van der Waals surface area contributed by atoms with E-state index >= 15 is 0 Å². The zero-order chi connectivity index (χ0) is 30.4. The van der Waals surface area contributed by atoms with Gasteiger partial charge in [0.05, 0.1) is 22.4 Å². The summed E-state index contributed by atoms with van der Waals surface area (Å²) in [6.45, 7) is 10.7. The first-order valence-corrected chi connectivity index (χ1v) is 15.3. The standard InChI is InChI=1S/C39H36N4O/c1-6-10-29-21-31(43-28(5)39(27(4)41-43)30-11-8-7-9-12-30)23-33(22-29)44-32-14-15-34-35-19-25(2)13-16-36(35)42(37(34)24-32)38-20-26(3)17-18-40-38/h7-9,11-24H,6,10H2,1-5H3. The second-order valence-corrected chi connectivity index (χ2v) is 11.7. The van der Waals surface area contributed by atoms with Gasteiger partial charge in [-0.1, -0.05) is 55.3 Å². The molecule has 0 aliphatic rings. The van der Waals surface area contributed by atoms with Crippen molar-refractivity contribution in [2.24, 2.45) is 0 Å². The molecule has 0 N–H and O–H groups in total. The van der Waals surface area contributed by atoms with Crippen LogP contribution in [0.25, 0.3) is 44.4 Å². The number of fused-ring (bicyclic) bond motifs is 3. The molecule has 7 aromatic rings. The third kappa shape index (κ3) is 4.94. The molecule has 218 valence electrons. The summed E-state index contributed by atoms with van der Waals surface area (Å²) < 4.78 is 10.9. The van der Waals surface area contributed by atoms with E-state index in [-0.39, 0.29) is 0 Å². The molecular formula is C39H36N4O. The highest BCUT2D eigenvalue weighted by Gasteiger charge is 2.17. The molecule has 0 radical (unpaired) electrons. The lowest BCUT2D eigenvalue weighted by atomic mass is 10.0. The SMILES string of the molecule is CCCc1cc(Oc2ccc3c4cc(C)ccc4n(-c4cc(C)ccn4)c3c2)cc(-n2nc(C)c(-c3ccccc3)c2C)c1. The Kier molecular flexibility index (Phi) is 7.01. The van der Waals surface area contributed by atoms with Gasteiger partial charge in [0, 0.05) is 40.4 Å². The van der Waals surface area contributed by atoms with E-state index in [1.165, 1.54) is 38.6 Å². The molecule has 0 bridgehead atoms. The minimum absolute atomic E-state index is 0.781. The Balaban J connectivity index is 1.34. The van der Waals surface area contributed by atoms with Crippen LogP contribution in [-0.4, -0.2) is 19.3 Å². The van der Waals surface area contributed by atoms with Gasteiger partial charge in [0.1, 0.15) is 17.3 Å². The Morgan fingerprint density at radius 3 is 2.32 bits per heavy atom. The molecule has 5 nitrogen and oxygen atoms in total. The van der Waals surface area contributed by atoms with Gasteiger partial charge in [-0.25, -0.2) is 9.67 Å². The number of nitrogens with zero attached hydrogens (tertiary/aromatic N) is 4. The quantitative estimate of drug-likeness (QED) is 0.190. The van der Waals surface area contributed by atoms with Crippen LogP contribution in [0.2, 0.25) is 0 Å². The molecule has 0 spiro atoms. The van der Waals surface area contributed by atoms with Crippen molar-refractivity contribution in [1.29, 1.82) is 0 Å². The molecule has 3 aromatic heterocycles. The van der Waals surface area contributed by atoms with Crippen molar-refractivity contribution in [1.82, 2.24) is 19.3 Å². The van der Waals surface area contributed by atoms with Gasteiger partial charge in [-0.2, -0.15) is 5.10 Å². The van der Waals surface area contributed by atoms with Crippen LogP contribution in [0.4, 0.5) is 0 Å². The van der Waals surface area contributed by atoms with Crippen molar-refractivity contribution in [3.63, 3.8) is 0 Å². The molecule has 4 aromatic carbocycles. The summed E-state index contributed by atoms with van der Waals surface area (Å²) in [5.74, 6) is 2.48. The van der Waals surface area contributed by atoms with Crippen LogP contribution in [0.1, 0.15) is 41.4 Å². The van der Waals surface area contributed by atoms with E-state index in [4.69, 9.17) is 14.8 Å². The Hall–Kier alpha value is -5.16. The van der Waals surface area contributed by atoms with Crippen LogP contribution >= 0.6 is 0 Å². The Labute approximate surface area is 258 Å². The summed E-state index contributed by atoms with van der Waals surface area (Å²) >= 11 is 0. The van der Waals surface area contributed by atoms with Crippen molar-refractivity contribution < 1.29 is 4.74 Å². The highest BCUT2D eigenvalue weighted by Crippen LogP contribution is 2.37. The average molecular weight is 577 g/mol. The highest BCUT2D eigenvalue weighted by molar-refractivity contribution is 6.09. The van der Waals surface area contributed by atoms with Crippen LogP contribution in [0.3, 0.4) is 0 Å². The number of rotatable bonds is 7. The fraction of sp³-hybridized carbons (Fsp3) is 0.179. The summed E-state index contributed by atoms with van der Waals surface area (Å²) in [7, 11) is 0. The predicted molar refractivity (Wildman–Crippen MR) is 181 cm³/mol. The maximum absolute atomic E-state index is 6.66. The molecule has 0 atom stereocenters. The van der Waals surface area contributed by atoms with Gasteiger partial charge in [-0.3, -0.25) is 4.57 Å². The summed E-state index contributed by atoms with van der Waals surface area (Å²) in [5, 5.41) is 7.37. The molecule has 3 heterocycles. The fourth-order valence-electron chi connectivity index (χ4n) is 6.38. The minimum atomic E-state index is 0.781. The van der Waals surface area contributed by atoms with Crippen molar-refractivity contribution in [2.75, 3.05) is 0 Å². The van der Waals surface area contributed by atoms with Gasteiger partial charge >= 0.3 is 0 Å². The topological polar surface area (TPSA) is 44.9 Å². The van der Waals surface area contributed by atoms with Gasteiger partial charge < -0.3 is 4.74 Å². The smallest absolute Gasteiger partial charge is 0.137 e. The summed E-state index contributed by atoms with van der Waals surface area (Å²) in [4.78, 5) is 4.75. The number of aromatic nitrogens is 4. The van der Waals surface area contributed by atoms with E-state index in [0.717, 1.165) is 58.3 Å². The lowest BCUT2D eigenvalue weighted by Gasteiger charge is -2.13. The largest absolute Gasteiger partial charge is 0.457 e. The maximum Gasteiger partial charge on any atom is 0.137 e. The van der Waals surface area contributed by atoms with Gasteiger partial charge in [-0.05, 0) is 99.3 Å². The van der Waals surface area contributed by atoms with Crippen LogP contribution < -0.4 is 4.74 Å². The number of aryl methyl sites for hydroxylation is 4. The van der Waals surface area contributed by atoms with E-state index in [9.17, 15) is 0 Å². The molecule has 0 saturated carbocycles. The number of hydrogen-bond acceptors (Lipinski definition) is 3. The second kappa shape index (κ2) is 11.2. The molecule has 0 aliphatic heterocycles. The Bertz CT molecular complexity index is 2150. The Morgan fingerprint density at radius 2 is 1.52 bits per heavy atom. The van der Waals surface area contributed by atoms with Crippen LogP contribution in [0, 0.1) is 27.7 Å². The third-order valence-electron chi connectivity index (χ3n) is 8.35. The predicted octanol–water partition coefficient (Wildman–Crippen LogP) is 10.0. The van der Waals surface area contributed by atoms with Gasteiger partial charge in [-0.15, -0.1) is 0 Å². The number of pyridine rings is 1. The van der Waals surface area contributed by atoms with Crippen molar-refractivity contribution >= 4 is 21.8 Å². The molecule has 0 fully saturated rings. The van der Waals surface area contributed by atoms with E-state index in [1.807, 2.05) is 18.3 Å². The first-order chi connectivity index (χ1) is 21.4. The van der Waals surface area contributed by atoms with Gasteiger partial charge in [0.15, 0.2) is 0 Å². The third-order valence-corrected chi connectivity index (χ3v) is 8.35. The fourth-order valence-corrected chi connectivity index (χ4v) is 6.38. The average Bonchev–Trinajstić information content (AvgIpc) is 3.49. The number of ether oxygens (including phenoxy) is 1. The van der Waals surface area contributed by atoms with Crippen molar-refractivity contribution in [2.45, 2.75) is 47.5 Å². The second-order valence-electron chi connectivity index (χ2n) is 11.7. The molecule has 5 heteroatoms. The van der Waals surface area contributed by atoms with E-state index in [0.29, 0.717) is 0 Å². The highest BCUT2D eigenvalue weighted by atomic mass is 16.5. The van der Waals surface area contributed by atoms with Gasteiger partial charge in [0.25, 0.3) is 0 Å². The lowest BCUT2D eigenvalue weighted by Crippen LogP contribution is -2.01. The molecule has 0 amide bonds. The summed E-state index contributed by atoms with van der Waals surface area (Å²) in [6, 6.07) is 34.1. The monoisotopic (exact) mass is 576 g/mol.